The number of hydrogen-bond acceptors (Lipinski definition) is 2. The number of ether oxygens (including phenoxy) is 1. The van der Waals surface area contributed by atoms with Gasteiger partial charge in [0.1, 0.15) is 0 Å². The van der Waals surface area contributed by atoms with E-state index in [4.69, 9.17) is 4.74 Å². The monoisotopic (exact) mass is 495 g/mol. The van der Waals surface area contributed by atoms with Crippen molar-refractivity contribution in [2.45, 2.75) is 71.3 Å². The first-order chi connectivity index (χ1) is 14.5. The summed E-state index contributed by atoms with van der Waals surface area (Å²) in [5.41, 5.74) is 3.66. The summed E-state index contributed by atoms with van der Waals surface area (Å²) in [6.45, 7) is 6.30. The molecule has 0 amide bonds. The van der Waals surface area contributed by atoms with E-state index < -0.39 is 5.97 Å². The minimum Gasteiger partial charge on any atom is -0.548 e. The fraction of sp³-hybridized carbons (Fsp3) is 0.481. The third kappa shape index (κ3) is 7.43. The zero-order valence-corrected chi connectivity index (χ0v) is 21.9. The van der Waals surface area contributed by atoms with Gasteiger partial charge in [-0.25, -0.2) is 0 Å². The van der Waals surface area contributed by atoms with Crippen molar-refractivity contribution in [1.29, 1.82) is 0 Å². The second-order valence-electron chi connectivity index (χ2n) is 8.69. The van der Waals surface area contributed by atoms with Gasteiger partial charge in [0.25, 0.3) is 0 Å². The summed E-state index contributed by atoms with van der Waals surface area (Å²) >= 11 is 0. The van der Waals surface area contributed by atoms with E-state index in [-0.39, 0.29) is 50.6 Å². The topological polar surface area (TPSA) is 46.5 Å². The number of aliphatic carboxylic acids is 1. The van der Waals surface area contributed by atoms with E-state index in [2.05, 4.69) is 63.6 Å². The Labute approximate surface area is 212 Å². The van der Waals surface area contributed by atoms with Gasteiger partial charge in [0.05, 0.1) is 12.0 Å². The first kappa shape index (κ1) is 26.1. The Morgan fingerprint density at radius 2 is 2.03 bits per heavy atom. The predicted octanol–water partition coefficient (Wildman–Crippen LogP) is 6.39. The maximum absolute atomic E-state index is 11.5. The van der Waals surface area contributed by atoms with E-state index in [0.29, 0.717) is 12.3 Å². The quantitative estimate of drug-likeness (QED) is 0.410. The molecule has 0 aromatic heterocycles. The summed E-state index contributed by atoms with van der Waals surface area (Å²) in [6, 6.07) is 18.0. The molecule has 2 aromatic carbocycles. The van der Waals surface area contributed by atoms with Crippen molar-refractivity contribution >= 4 is 5.97 Å². The Kier molecular flexibility index (Phi) is 10.7. The molecule has 1 aliphatic rings. The van der Waals surface area contributed by atoms with Crippen molar-refractivity contribution in [1.82, 2.24) is 0 Å². The average molecular weight is 495 g/mol. The number of carboxylic acid groups (broad SMARTS) is 1. The van der Waals surface area contributed by atoms with E-state index in [1.54, 1.807) is 0 Å². The van der Waals surface area contributed by atoms with Crippen molar-refractivity contribution in [3.8, 4) is 5.75 Å². The molecule has 3 rings (SSSR count). The zero-order chi connectivity index (χ0) is 21.5. The Hall–Kier alpha value is -1.19. The molecule has 1 radical (unpaired) electrons. The molecular weight excluding hydrogens is 461 g/mol. The Balaban J connectivity index is 0.00000341. The number of benzene rings is 2. The van der Waals surface area contributed by atoms with Gasteiger partial charge in [0.2, 0.25) is 0 Å². The summed E-state index contributed by atoms with van der Waals surface area (Å²) in [5.74, 6) is 0.573. The van der Waals surface area contributed by atoms with Crippen molar-refractivity contribution in [3.05, 3.63) is 71.6 Å². The molecule has 4 atom stereocenters. The number of carbonyl (C=O) groups is 1. The summed E-state index contributed by atoms with van der Waals surface area (Å²) in [4.78, 5) is 11.5. The molecule has 0 spiro atoms. The van der Waals surface area contributed by atoms with Crippen molar-refractivity contribution < 1.29 is 47.3 Å². The van der Waals surface area contributed by atoms with Crippen LogP contribution in [0.1, 0.15) is 68.6 Å². The molecule has 0 heterocycles. The van der Waals surface area contributed by atoms with Crippen LogP contribution in [0.4, 0.5) is 0 Å². The number of carboxylic acids is 1. The van der Waals surface area contributed by atoms with Gasteiger partial charge in [-0.05, 0) is 44.6 Å². The minimum absolute atomic E-state index is 0. The number of rotatable bonds is 9. The van der Waals surface area contributed by atoms with Gasteiger partial charge < -0.3 is 16.3 Å². The van der Waals surface area contributed by atoms with E-state index in [1.165, 1.54) is 5.56 Å². The van der Waals surface area contributed by atoms with Crippen LogP contribution in [0, 0.1) is 31.2 Å². The fourth-order valence-electron chi connectivity index (χ4n) is 4.74. The first-order valence-electron chi connectivity index (χ1n) is 11.2. The smallest absolute Gasteiger partial charge is 0.306 e. The van der Waals surface area contributed by atoms with E-state index in [1.807, 2.05) is 12.1 Å². The Morgan fingerprint density at radius 1 is 1.29 bits per heavy atom. The molecule has 31 heavy (non-hydrogen) atoms. The largest absolute Gasteiger partial charge is 0.548 e. The Bertz CT molecular complexity index is 820. The molecule has 1 N–H and O–H groups in total. The number of aryl methyl sites for hydroxylation is 2. The third-order valence-corrected chi connectivity index (χ3v) is 6.46. The van der Waals surface area contributed by atoms with Crippen LogP contribution in [0.3, 0.4) is 0 Å². The van der Waals surface area contributed by atoms with Gasteiger partial charge in [0, 0.05) is 38.5 Å². The van der Waals surface area contributed by atoms with Crippen LogP contribution in [-0.4, -0.2) is 17.2 Å². The summed E-state index contributed by atoms with van der Waals surface area (Å²) in [5, 5.41) is 9.48. The van der Waals surface area contributed by atoms with Gasteiger partial charge in [-0.3, -0.25) is 4.79 Å². The van der Waals surface area contributed by atoms with Gasteiger partial charge in [-0.15, -0.1) is 12.1 Å². The molecule has 2 aromatic rings. The summed E-state index contributed by atoms with van der Waals surface area (Å²) in [7, 11) is 0. The maximum Gasteiger partial charge on any atom is 0.306 e. The van der Waals surface area contributed by atoms with Crippen LogP contribution >= 0.6 is 0 Å². The molecule has 4 heteroatoms. The second kappa shape index (κ2) is 12.7. The molecule has 0 saturated heterocycles. The zero-order valence-electron chi connectivity index (χ0n) is 19.0. The van der Waals surface area contributed by atoms with E-state index in [0.717, 1.165) is 49.0 Å². The normalized spacial score (nSPS) is 21.7. The van der Waals surface area contributed by atoms with Crippen LogP contribution in [-0.2, 0) is 43.9 Å². The second-order valence-corrected chi connectivity index (χ2v) is 8.69. The van der Waals surface area contributed by atoms with Crippen LogP contribution < -0.4 is 4.74 Å². The van der Waals surface area contributed by atoms with E-state index in [9.17, 15) is 9.90 Å². The molecule has 1 fully saturated rings. The summed E-state index contributed by atoms with van der Waals surface area (Å²) < 4.78 is 6.15. The molecule has 0 bridgehead atoms. The number of hydrogen-bond donors (Lipinski definition) is 1. The van der Waals surface area contributed by atoms with Crippen LogP contribution in [0.2, 0.25) is 0 Å². The average Bonchev–Trinajstić information content (AvgIpc) is 2.74. The SMILES string of the molecule is C[CH-][C@H]1CC[C@@H](C(=O)O)CC1c1[c-]cc(O[C@@H](C)CCCc2ccccc2)cc1C.[Y]. The van der Waals surface area contributed by atoms with Crippen molar-refractivity contribution in [2.24, 2.45) is 11.8 Å². The molecule has 1 unspecified atom stereocenters. The molecule has 3 nitrogen and oxygen atoms in total. The predicted molar refractivity (Wildman–Crippen MR) is 121 cm³/mol. The maximum atomic E-state index is 11.5. The van der Waals surface area contributed by atoms with E-state index >= 15 is 0 Å². The van der Waals surface area contributed by atoms with Crippen LogP contribution in [0.5, 0.6) is 5.75 Å². The van der Waals surface area contributed by atoms with Crippen molar-refractivity contribution in [3.63, 3.8) is 0 Å². The molecule has 1 aliphatic carbocycles. The van der Waals surface area contributed by atoms with Gasteiger partial charge in [-0.2, -0.15) is 30.0 Å². The van der Waals surface area contributed by atoms with Gasteiger partial charge in [-0.1, -0.05) is 49.6 Å². The minimum atomic E-state index is -0.670. The van der Waals surface area contributed by atoms with Crippen molar-refractivity contribution in [2.75, 3.05) is 0 Å². The van der Waals surface area contributed by atoms with Crippen LogP contribution in [0.25, 0.3) is 0 Å². The third-order valence-electron chi connectivity index (χ3n) is 6.46. The molecular formula is C27H34O3Y-2. The molecule has 165 valence electrons. The molecule has 1 saturated carbocycles. The standard InChI is InChI=1S/C27H34O3.Y/c1-4-22-13-14-23(27(28)29)18-26(22)25-16-15-24(17-19(25)2)30-20(3)9-8-12-21-10-6-5-7-11-21;/h4-7,10-11,15,17,20,22-23,26H,8-9,12-14,18H2,1-3H3,(H,28,29);/q-2;/t20-,22-,23+,26?;/m0./s1. The van der Waals surface area contributed by atoms with Gasteiger partial charge >= 0.3 is 5.97 Å². The fourth-order valence-corrected chi connectivity index (χ4v) is 4.74. The Morgan fingerprint density at radius 3 is 2.68 bits per heavy atom. The molecule has 0 aliphatic heterocycles. The first-order valence-corrected chi connectivity index (χ1v) is 11.2. The van der Waals surface area contributed by atoms with Gasteiger partial charge in [0.15, 0.2) is 0 Å². The van der Waals surface area contributed by atoms with Crippen LogP contribution in [0.15, 0.2) is 42.5 Å². The summed E-state index contributed by atoms with van der Waals surface area (Å²) in [6.07, 6.45) is 7.94.